The van der Waals surface area contributed by atoms with Crippen LogP contribution in [0.3, 0.4) is 0 Å². The van der Waals surface area contributed by atoms with Crippen LogP contribution in [0.2, 0.25) is 5.15 Å². The van der Waals surface area contributed by atoms with Crippen molar-refractivity contribution in [1.29, 1.82) is 0 Å². The minimum absolute atomic E-state index is 0.218. The molecule has 1 unspecified atom stereocenters. The lowest BCUT2D eigenvalue weighted by atomic mass is 10.2. The number of hydrogen-bond acceptors (Lipinski definition) is 4. The van der Waals surface area contributed by atoms with Crippen molar-refractivity contribution < 1.29 is 9.90 Å². The molecule has 6 heteroatoms. The lowest BCUT2D eigenvalue weighted by molar-refractivity contribution is 0.0936. The number of halogens is 1. The summed E-state index contributed by atoms with van der Waals surface area (Å²) in [6.07, 6.45) is 3.46. The summed E-state index contributed by atoms with van der Waals surface area (Å²) in [7, 11) is 0. The minimum Gasteiger partial charge on any atom is -0.393 e. The molecule has 0 radical (unpaired) electrons. The molecule has 2 N–H and O–H groups in total. The Labute approximate surface area is 98.9 Å². The molecule has 1 heterocycles. The Hall–Kier alpha value is -1.20. The van der Waals surface area contributed by atoms with E-state index >= 15 is 0 Å². The van der Waals surface area contributed by atoms with E-state index in [9.17, 15) is 9.90 Å². The third-order valence-electron chi connectivity index (χ3n) is 2.09. The van der Waals surface area contributed by atoms with E-state index in [-0.39, 0.29) is 22.9 Å². The molecule has 0 aliphatic rings. The lowest BCUT2D eigenvalue weighted by Crippen LogP contribution is -2.27. The molecule has 5 nitrogen and oxygen atoms in total. The first kappa shape index (κ1) is 12.9. The third-order valence-corrected chi connectivity index (χ3v) is 2.28. The van der Waals surface area contributed by atoms with E-state index in [1.54, 1.807) is 0 Å². The first-order valence-corrected chi connectivity index (χ1v) is 5.45. The fourth-order valence-electron chi connectivity index (χ4n) is 1.08. The Balaban J connectivity index is 2.38. The molecule has 0 bridgehead atoms. The Morgan fingerprint density at radius 1 is 1.56 bits per heavy atom. The van der Waals surface area contributed by atoms with Crippen LogP contribution in [0.4, 0.5) is 0 Å². The third kappa shape index (κ3) is 4.12. The zero-order valence-electron chi connectivity index (χ0n) is 8.98. The normalized spacial score (nSPS) is 12.2. The van der Waals surface area contributed by atoms with Crippen LogP contribution in [0.25, 0.3) is 0 Å². The standard InChI is InChI=1S/C10H14ClN3O2/c1-2-7(15)3-4-12-10(16)8-5-14-9(11)6-13-8/h5-7,15H,2-4H2,1H3,(H,12,16). The molecular weight excluding hydrogens is 230 g/mol. The highest BCUT2D eigenvalue weighted by Crippen LogP contribution is 2.01. The highest BCUT2D eigenvalue weighted by Gasteiger charge is 2.08. The van der Waals surface area contributed by atoms with Gasteiger partial charge in [-0.25, -0.2) is 9.97 Å². The maximum atomic E-state index is 11.5. The molecule has 1 amide bonds. The quantitative estimate of drug-likeness (QED) is 0.810. The van der Waals surface area contributed by atoms with Crippen LogP contribution in [-0.2, 0) is 0 Å². The van der Waals surface area contributed by atoms with Crippen LogP contribution in [0.15, 0.2) is 12.4 Å². The van der Waals surface area contributed by atoms with Crippen molar-refractivity contribution in [3.63, 3.8) is 0 Å². The molecule has 1 aromatic rings. The number of aliphatic hydroxyl groups is 1. The van der Waals surface area contributed by atoms with Gasteiger partial charge in [0.15, 0.2) is 0 Å². The van der Waals surface area contributed by atoms with Crippen molar-refractivity contribution in [1.82, 2.24) is 15.3 Å². The van der Waals surface area contributed by atoms with E-state index in [1.165, 1.54) is 12.4 Å². The maximum Gasteiger partial charge on any atom is 0.271 e. The predicted octanol–water partition coefficient (Wildman–Crippen LogP) is 1.02. The van der Waals surface area contributed by atoms with E-state index in [2.05, 4.69) is 15.3 Å². The highest BCUT2D eigenvalue weighted by atomic mass is 35.5. The van der Waals surface area contributed by atoms with Gasteiger partial charge in [-0.05, 0) is 12.8 Å². The van der Waals surface area contributed by atoms with Gasteiger partial charge in [-0.3, -0.25) is 4.79 Å². The molecule has 0 saturated carbocycles. The van der Waals surface area contributed by atoms with Gasteiger partial charge in [-0.1, -0.05) is 18.5 Å². The fourth-order valence-corrected chi connectivity index (χ4v) is 1.17. The molecule has 88 valence electrons. The van der Waals surface area contributed by atoms with Crippen LogP contribution in [0.1, 0.15) is 30.3 Å². The number of nitrogens with zero attached hydrogens (tertiary/aromatic N) is 2. The minimum atomic E-state index is -0.378. The number of aliphatic hydroxyl groups excluding tert-OH is 1. The molecule has 16 heavy (non-hydrogen) atoms. The molecule has 0 aromatic carbocycles. The van der Waals surface area contributed by atoms with Crippen LogP contribution in [0.5, 0.6) is 0 Å². The fraction of sp³-hybridized carbons (Fsp3) is 0.500. The SMILES string of the molecule is CCC(O)CCNC(=O)c1cnc(Cl)cn1. The summed E-state index contributed by atoms with van der Waals surface area (Å²) in [5, 5.41) is 12.2. The number of amides is 1. The van der Waals surface area contributed by atoms with Gasteiger partial charge in [-0.2, -0.15) is 0 Å². The van der Waals surface area contributed by atoms with E-state index < -0.39 is 0 Å². The molecule has 0 spiro atoms. The largest absolute Gasteiger partial charge is 0.393 e. The predicted molar refractivity (Wildman–Crippen MR) is 60.3 cm³/mol. The second kappa shape index (κ2) is 6.40. The number of carbonyl (C=O) groups excluding carboxylic acids is 1. The summed E-state index contributed by atoms with van der Waals surface area (Å²) in [5.41, 5.74) is 0.218. The first-order valence-electron chi connectivity index (χ1n) is 5.07. The van der Waals surface area contributed by atoms with Crippen LogP contribution in [-0.4, -0.2) is 33.6 Å². The van der Waals surface area contributed by atoms with Crippen LogP contribution in [0, 0.1) is 0 Å². The Bertz CT molecular complexity index is 342. The number of carbonyl (C=O) groups is 1. The Kier molecular flexibility index (Phi) is 5.14. The molecule has 1 rings (SSSR count). The number of rotatable bonds is 5. The van der Waals surface area contributed by atoms with Gasteiger partial charge in [0.25, 0.3) is 5.91 Å². The number of hydrogen-bond donors (Lipinski definition) is 2. The first-order chi connectivity index (χ1) is 7.63. The van der Waals surface area contributed by atoms with Gasteiger partial charge in [0.05, 0.1) is 18.5 Å². The van der Waals surface area contributed by atoms with E-state index in [0.29, 0.717) is 19.4 Å². The average molecular weight is 244 g/mol. The molecule has 1 atom stereocenters. The van der Waals surface area contributed by atoms with Gasteiger partial charge >= 0.3 is 0 Å². The van der Waals surface area contributed by atoms with Crippen molar-refractivity contribution in [2.45, 2.75) is 25.9 Å². The average Bonchev–Trinajstić information content (AvgIpc) is 2.29. The van der Waals surface area contributed by atoms with Gasteiger partial charge in [0.2, 0.25) is 0 Å². The van der Waals surface area contributed by atoms with E-state index in [0.717, 1.165) is 0 Å². The van der Waals surface area contributed by atoms with Gasteiger partial charge in [0.1, 0.15) is 10.8 Å². The molecule has 0 fully saturated rings. The molecular formula is C10H14ClN3O2. The molecule has 0 saturated heterocycles. The van der Waals surface area contributed by atoms with Crippen molar-refractivity contribution >= 4 is 17.5 Å². The maximum absolute atomic E-state index is 11.5. The summed E-state index contributed by atoms with van der Waals surface area (Å²) in [5.74, 6) is -0.313. The second-order valence-electron chi connectivity index (χ2n) is 3.33. The zero-order valence-corrected chi connectivity index (χ0v) is 9.74. The smallest absolute Gasteiger partial charge is 0.271 e. The monoisotopic (exact) mass is 243 g/mol. The van der Waals surface area contributed by atoms with Crippen LogP contribution >= 0.6 is 11.6 Å². The lowest BCUT2D eigenvalue weighted by Gasteiger charge is -2.08. The van der Waals surface area contributed by atoms with Crippen molar-refractivity contribution in [3.05, 3.63) is 23.2 Å². The summed E-state index contributed by atoms with van der Waals surface area (Å²) in [6.45, 7) is 2.30. The van der Waals surface area contributed by atoms with Crippen LogP contribution < -0.4 is 5.32 Å². The summed E-state index contributed by atoms with van der Waals surface area (Å²) >= 11 is 5.54. The van der Waals surface area contributed by atoms with Crippen molar-refractivity contribution in [3.8, 4) is 0 Å². The van der Waals surface area contributed by atoms with E-state index in [4.69, 9.17) is 11.6 Å². The van der Waals surface area contributed by atoms with Crippen molar-refractivity contribution in [2.24, 2.45) is 0 Å². The van der Waals surface area contributed by atoms with E-state index in [1.807, 2.05) is 6.92 Å². The summed E-state index contributed by atoms with van der Waals surface area (Å²) in [4.78, 5) is 19.1. The topological polar surface area (TPSA) is 75.1 Å². The Morgan fingerprint density at radius 3 is 2.88 bits per heavy atom. The number of nitrogens with one attached hydrogen (secondary N) is 1. The van der Waals surface area contributed by atoms with Gasteiger partial charge in [0, 0.05) is 6.54 Å². The van der Waals surface area contributed by atoms with Crippen molar-refractivity contribution in [2.75, 3.05) is 6.54 Å². The molecule has 0 aliphatic heterocycles. The van der Waals surface area contributed by atoms with Gasteiger partial charge < -0.3 is 10.4 Å². The molecule has 1 aromatic heterocycles. The number of aromatic nitrogens is 2. The summed E-state index contributed by atoms with van der Waals surface area (Å²) < 4.78 is 0. The highest BCUT2D eigenvalue weighted by molar-refractivity contribution is 6.29. The Morgan fingerprint density at radius 2 is 2.31 bits per heavy atom. The second-order valence-corrected chi connectivity index (χ2v) is 3.72. The zero-order chi connectivity index (χ0) is 12.0. The summed E-state index contributed by atoms with van der Waals surface area (Å²) in [6, 6.07) is 0. The molecule has 0 aliphatic carbocycles. The van der Waals surface area contributed by atoms with Gasteiger partial charge in [-0.15, -0.1) is 0 Å².